The highest BCUT2D eigenvalue weighted by molar-refractivity contribution is 7.90. The summed E-state index contributed by atoms with van der Waals surface area (Å²) in [7, 11) is -0.594. The zero-order valence-electron chi connectivity index (χ0n) is 16.8. The molecule has 2 heterocycles. The third kappa shape index (κ3) is 4.12. The molecule has 1 fully saturated rings. The maximum atomic E-state index is 12.1. The highest BCUT2D eigenvalue weighted by Crippen LogP contribution is 2.31. The molecular formula is C19H30N4O3S. The van der Waals surface area contributed by atoms with E-state index in [1.807, 2.05) is 18.2 Å². The second-order valence-electron chi connectivity index (χ2n) is 8.20. The molecule has 0 unspecified atom stereocenters. The van der Waals surface area contributed by atoms with Crippen LogP contribution < -0.4 is 9.03 Å². The van der Waals surface area contributed by atoms with Gasteiger partial charge < -0.3 is 9.30 Å². The van der Waals surface area contributed by atoms with Crippen LogP contribution in [0.5, 0.6) is 0 Å². The number of nitrogens with one attached hydrogen (secondary N) is 1. The van der Waals surface area contributed by atoms with Gasteiger partial charge in [-0.2, -0.15) is 8.42 Å². The van der Waals surface area contributed by atoms with Crippen LogP contribution >= 0.6 is 0 Å². The first-order chi connectivity index (χ1) is 12.6. The molecule has 0 saturated carbocycles. The average Bonchev–Trinajstić information content (AvgIpc) is 3.00. The van der Waals surface area contributed by atoms with Crippen molar-refractivity contribution in [3.8, 4) is 0 Å². The molecule has 2 aromatic rings. The van der Waals surface area contributed by atoms with Crippen molar-refractivity contribution in [3.05, 3.63) is 24.0 Å². The average molecular weight is 395 g/mol. The van der Waals surface area contributed by atoms with Crippen molar-refractivity contribution in [3.63, 3.8) is 0 Å². The Morgan fingerprint density at radius 2 is 1.96 bits per heavy atom. The van der Waals surface area contributed by atoms with Crippen molar-refractivity contribution in [2.45, 2.75) is 45.6 Å². The van der Waals surface area contributed by atoms with E-state index in [-0.39, 0.29) is 5.41 Å². The molecule has 0 amide bonds. The lowest BCUT2D eigenvalue weighted by Crippen LogP contribution is -2.35. The van der Waals surface area contributed by atoms with E-state index in [2.05, 4.69) is 30.1 Å². The molecule has 3 rings (SSSR count). The van der Waals surface area contributed by atoms with Crippen molar-refractivity contribution in [1.82, 2.24) is 14.3 Å². The molecule has 1 aliphatic heterocycles. The van der Waals surface area contributed by atoms with E-state index < -0.39 is 10.2 Å². The van der Waals surface area contributed by atoms with Crippen molar-refractivity contribution in [2.75, 3.05) is 31.6 Å². The summed E-state index contributed by atoms with van der Waals surface area (Å²) in [6, 6.07) is 5.67. The maximum Gasteiger partial charge on any atom is 0.301 e. The Labute approximate surface area is 161 Å². The van der Waals surface area contributed by atoms with Crippen molar-refractivity contribution >= 4 is 26.9 Å². The summed E-state index contributed by atoms with van der Waals surface area (Å²) >= 11 is 0. The van der Waals surface area contributed by atoms with Crippen LogP contribution in [-0.4, -0.2) is 45.3 Å². The van der Waals surface area contributed by atoms with Crippen LogP contribution in [0, 0.1) is 5.92 Å². The minimum absolute atomic E-state index is 0.104. The molecular weight excluding hydrogens is 364 g/mol. The predicted octanol–water partition coefficient (Wildman–Crippen LogP) is 2.66. The maximum absolute atomic E-state index is 12.1. The van der Waals surface area contributed by atoms with Gasteiger partial charge in [0.15, 0.2) is 0 Å². The zero-order chi connectivity index (χ0) is 19.8. The molecule has 1 N–H and O–H groups in total. The lowest BCUT2D eigenvalue weighted by molar-refractivity contribution is 0.0611. The Morgan fingerprint density at radius 1 is 1.30 bits per heavy atom. The number of ether oxygens (including phenoxy) is 1. The van der Waals surface area contributed by atoms with E-state index in [0.29, 0.717) is 11.6 Å². The van der Waals surface area contributed by atoms with Gasteiger partial charge in [-0.15, -0.1) is 0 Å². The molecule has 1 aromatic carbocycles. The normalized spacial score (nSPS) is 16.8. The number of hydrogen-bond acceptors (Lipinski definition) is 4. The van der Waals surface area contributed by atoms with Crippen molar-refractivity contribution in [1.29, 1.82) is 0 Å². The summed E-state index contributed by atoms with van der Waals surface area (Å²) in [5, 5.41) is 0. The molecule has 0 atom stereocenters. The van der Waals surface area contributed by atoms with Crippen LogP contribution in [0.3, 0.4) is 0 Å². The first-order valence-corrected chi connectivity index (χ1v) is 10.8. The van der Waals surface area contributed by atoms with E-state index >= 15 is 0 Å². The largest absolute Gasteiger partial charge is 0.381 e. The second kappa shape index (κ2) is 7.41. The number of rotatable bonds is 5. The molecule has 1 aromatic heterocycles. The summed E-state index contributed by atoms with van der Waals surface area (Å²) in [6.45, 7) is 9.03. The number of benzene rings is 1. The van der Waals surface area contributed by atoms with Crippen LogP contribution in [0.4, 0.5) is 5.69 Å². The Kier molecular flexibility index (Phi) is 5.52. The highest BCUT2D eigenvalue weighted by Gasteiger charge is 2.26. The number of fused-ring (bicyclic) bond motifs is 1. The van der Waals surface area contributed by atoms with Gasteiger partial charge in [0.2, 0.25) is 0 Å². The van der Waals surface area contributed by atoms with Gasteiger partial charge >= 0.3 is 10.2 Å². The fraction of sp³-hybridized carbons (Fsp3) is 0.632. The summed E-state index contributed by atoms with van der Waals surface area (Å²) < 4.78 is 35.6. The highest BCUT2D eigenvalue weighted by atomic mass is 32.2. The van der Waals surface area contributed by atoms with Crippen LogP contribution in [-0.2, 0) is 26.9 Å². The number of aromatic nitrogens is 2. The van der Waals surface area contributed by atoms with Gasteiger partial charge in [0.25, 0.3) is 0 Å². The number of imidazole rings is 1. The van der Waals surface area contributed by atoms with Crippen LogP contribution in [0.1, 0.15) is 39.4 Å². The lowest BCUT2D eigenvalue weighted by Gasteiger charge is -2.26. The van der Waals surface area contributed by atoms with Crippen molar-refractivity contribution < 1.29 is 13.2 Å². The van der Waals surface area contributed by atoms with Crippen LogP contribution in [0.25, 0.3) is 11.0 Å². The quantitative estimate of drug-likeness (QED) is 0.846. The first-order valence-electron chi connectivity index (χ1n) is 9.39. The van der Waals surface area contributed by atoms with Gasteiger partial charge in [0.05, 0.1) is 16.7 Å². The third-order valence-electron chi connectivity index (χ3n) is 5.17. The molecule has 0 aliphatic carbocycles. The number of hydrogen-bond donors (Lipinski definition) is 1. The van der Waals surface area contributed by atoms with Gasteiger partial charge in [-0.1, -0.05) is 20.8 Å². The van der Waals surface area contributed by atoms with Crippen LogP contribution in [0.2, 0.25) is 0 Å². The third-order valence-corrected chi connectivity index (χ3v) is 6.61. The lowest BCUT2D eigenvalue weighted by atomic mass is 9.94. The molecule has 0 spiro atoms. The summed E-state index contributed by atoms with van der Waals surface area (Å²) in [4.78, 5) is 4.89. The van der Waals surface area contributed by atoms with E-state index in [1.165, 1.54) is 18.4 Å². The molecule has 1 aliphatic rings. The van der Waals surface area contributed by atoms with E-state index in [1.54, 1.807) is 0 Å². The molecule has 0 bridgehead atoms. The zero-order valence-corrected chi connectivity index (χ0v) is 17.6. The summed E-state index contributed by atoms with van der Waals surface area (Å²) in [5.74, 6) is 1.60. The molecule has 0 radical (unpaired) electrons. The minimum Gasteiger partial charge on any atom is -0.381 e. The smallest absolute Gasteiger partial charge is 0.301 e. The van der Waals surface area contributed by atoms with Gasteiger partial charge in [0, 0.05) is 39.3 Å². The Bertz CT molecular complexity index is 909. The summed E-state index contributed by atoms with van der Waals surface area (Å²) in [5.41, 5.74) is 2.36. The van der Waals surface area contributed by atoms with Gasteiger partial charge in [0.1, 0.15) is 5.82 Å². The standard InChI is InChI=1S/C19H30N4O3S/c1-19(2,3)18-21-16-12-15(22(5)27(24,25)20-4)6-7-17(16)23(18)13-14-8-10-26-11-9-14/h6-7,12,14,20H,8-11,13H2,1-5H3. The van der Waals surface area contributed by atoms with Crippen LogP contribution in [0.15, 0.2) is 18.2 Å². The van der Waals surface area contributed by atoms with Gasteiger partial charge in [-0.3, -0.25) is 4.31 Å². The Hall–Kier alpha value is -1.64. The SMILES string of the molecule is CNS(=O)(=O)N(C)c1ccc2c(c1)nc(C(C)(C)C)n2CC1CCOCC1. The van der Waals surface area contributed by atoms with E-state index in [0.717, 1.165) is 49.5 Å². The molecule has 7 nitrogen and oxygen atoms in total. The number of anilines is 1. The van der Waals surface area contributed by atoms with E-state index in [4.69, 9.17) is 9.72 Å². The fourth-order valence-corrected chi connectivity index (χ4v) is 4.20. The first kappa shape index (κ1) is 20.1. The monoisotopic (exact) mass is 394 g/mol. The van der Waals surface area contributed by atoms with E-state index in [9.17, 15) is 8.42 Å². The second-order valence-corrected chi connectivity index (χ2v) is 10.1. The fourth-order valence-electron chi connectivity index (χ4n) is 3.53. The molecule has 27 heavy (non-hydrogen) atoms. The molecule has 1 saturated heterocycles. The molecule has 8 heteroatoms. The van der Waals surface area contributed by atoms with Gasteiger partial charge in [-0.05, 0) is 37.0 Å². The topological polar surface area (TPSA) is 76.5 Å². The van der Waals surface area contributed by atoms with Gasteiger partial charge in [-0.25, -0.2) is 9.71 Å². The molecule has 150 valence electrons. The van der Waals surface area contributed by atoms with Crippen molar-refractivity contribution in [2.24, 2.45) is 5.92 Å². The predicted molar refractivity (Wildman–Crippen MR) is 108 cm³/mol. The Morgan fingerprint density at radius 3 is 2.56 bits per heavy atom. The minimum atomic E-state index is -3.54. The summed E-state index contributed by atoms with van der Waals surface area (Å²) in [6.07, 6.45) is 2.12. The number of nitrogens with zero attached hydrogens (tertiary/aromatic N) is 3. The Balaban J connectivity index is 2.05.